The van der Waals surface area contributed by atoms with Crippen molar-refractivity contribution in [3.63, 3.8) is 0 Å². The Balaban J connectivity index is 1.90. The Bertz CT molecular complexity index is 563. The summed E-state index contributed by atoms with van der Waals surface area (Å²) in [6.07, 6.45) is 0.0599. The zero-order chi connectivity index (χ0) is 14.9. The maximum Gasteiger partial charge on any atom is 0.258 e. The van der Waals surface area contributed by atoms with Crippen LogP contribution >= 0.6 is 0 Å². The number of carbonyl (C=O) groups is 1. The molecular formula is C14H16F2N4O. The second kappa shape index (κ2) is 5.48. The maximum absolute atomic E-state index is 12.6. The number of nitrogens with zero attached hydrogens (tertiary/aromatic N) is 3. The van der Waals surface area contributed by atoms with Gasteiger partial charge in [-0.05, 0) is 12.1 Å². The number of hydrazone groups is 1. The summed E-state index contributed by atoms with van der Waals surface area (Å²) in [6, 6.07) is 5.49. The fourth-order valence-corrected chi connectivity index (χ4v) is 2.94. The first-order chi connectivity index (χ1) is 10.1. The Hall–Kier alpha value is -1.89. The molecule has 0 aromatic carbocycles. The number of nitrogens with one attached hydrogen (secondary N) is 1. The largest absolute Gasteiger partial charge is 0.315 e. The maximum atomic E-state index is 12.6. The zero-order valence-corrected chi connectivity index (χ0v) is 11.4. The summed E-state index contributed by atoms with van der Waals surface area (Å²) in [6.45, 7) is 0.478. The minimum Gasteiger partial charge on any atom is -0.315 e. The van der Waals surface area contributed by atoms with Gasteiger partial charge in [-0.25, -0.2) is 13.8 Å². The highest BCUT2D eigenvalue weighted by Gasteiger charge is 2.52. The third-order valence-corrected chi connectivity index (χ3v) is 3.92. The molecule has 0 radical (unpaired) electrons. The first kappa shape index (κ1) is 14.1. The number of piperidine rings is 1. The van der Waals surface area contributed by atoms with Gasteiger partial charge in [-0.15, -0.1) is 0 Å². The van der Waals surface area contributed by atoms with Crippen molar-refractivity contribution in [1.29, 1.82) is 0 Å². The van der Waals surface area contributed by atoms with Crippen LogP contribution < -0.4 is 5.32 Å². The smallest absolute Gasteiger partial charge is 0.258 e. The van der Waals surface area contributed by atoms with Gasteiger partial charge in [0.15, 0.2) is 0 Å². The molecule has 1 aromatic rings. The molecule has 1 aromatic heterocycles. The molecule has 1 saturated heterocycles. The van der Waals surface area contributed by atoms with Crippen LogP contribution in [0.25, 0.3) is 0 Å². The van der Waals surface area contributed by atoms with E-state index in [0.29, 0.717) is 31.6 Å². The molecule has 0 aliphatic carbocycles. The van der Waals surface area contributed by atoms with Gasteiger partial charge in [0.1, 0.15) is 12.0 Å². The van der Waals surface area contributed by atoms with Crippen LogP contribution in [0.15, 0.2) is 29.5 Å². The quantitative estimate of drug-likeness (QED) is 0.903. The third kappa shape index (κ3) is 2.53. The fraction of sp³-hybridized carbons (Fsp3) is 0.500. The molecule has 5 nitrogen and oxygen atoms in total. The summed E-state index contributed by atoms with van der Waals surface area (Å²) < 4.78 is 25.2. The van der Waals surface area contributed by atoms with Gasteiger partial charge < -0.3 is 5.32 Å². The Morgan fingerprint density at radius 3 is 3.00 bits per heavy atom. The van der Waals surface area contributed by atoms with E-state index in [4.69, 9.17) is 0 Å². The van der Waals surface area contributed by atoms with Gasteiger partial charge in [0.05, 0.1) is 5.71 Å². The predicted molar refractivity (Wildman–Crippen MR) is 73.0 cm³/mol. The number of hydrogen-bond donors (Lipinski definition) is 1. The zero-order valence-electron chi connectivity index (χ0n) is 11.4. The van der Waals surface area contributed by atoms with E-state index in [1.165, 1.54) is 0 Å². The molecular weight excluding hydrogens is 278 g/mol. The molecule has 3 rings (SSSR count). The van der Waals surface area contributed by atoms with E-state index in [2.05, 4.69) is 15.4 Å². The summed E-state index contributed by atoms with van der Waals surface area (Å²) in [5, 5.41) is 8.26. The van der Waals surface area contributed by atoms with E-state index >= 15 is 0 Å². The van der Waals surface area contributed by atoms with Crippen LogP contribution in [0.5, 0.6) is 0 Å². The first-order valence-corrected chi connectivity index (χ1v) is 6.90. The second-order valence-electron chi connectivity index (χ2n) is 5.33. The van der Waals surface area contributed by atoms with Crippen LogP contribution in [-0.4, -0.2) is 47.7 Å². The van der Waals surface area contributed by atoms with Crippen molar-refractivity contribution in [2.24, 2.45) is 10.5 Å². The number of halogens is 2. The molecule has 3 heterocycles. The van der Waals surface area contributed by atoms with Crippen molar-refractivity contribution in [3.8, 4) is 0 Å². The lowest BCUT2D eigenvalue weighted by Crippen LogP contribution is -2.53. The van der Waals surface area contributed by atoms with Crippen molar-refractivity contribution in [1.82, 2.24) is 15.3 Å². The van der Waals surface area contributed by atoms with Gasteiger partial charge in [-0.3, -0.25) is 9.78 Å². The van der Waals surface area contributed by atoms with Crippen LogP contribution in [0.4, 0.5) is 8.78 Å². The van der Waals surface area contributed by atoms with Crippen molar-refractivity contribution in [3.05, 3.63) is 30.1 Å². The van der Waals surface area contributed by atoms with Crippen molar-refractivity contribution in [2.75, 3.05) is 19.6 Å². The van der Waals surface area contributed by atoms with Crippen molar-refractivity contribution < 1.29 is 13.6 Å². The van der Waals surface area contributed by atoms with Crippen LogP contribution in [0.3, 0.4) is 0 Å². The van der Waals surface area contributed by atoms with E-state index in [1.807, 2.05) is 12.1 Å². The molecule has 1 unspecified atom stereocenters. The van der Waals surface area contributed by atoms with Crippen LogP contribution in [-0.2, 0) is 11.2 Å². The topological polar surface area (TPSA) is 57.6 Å². The molecule has 1 amide bonds. The van der Waals surface area contributed by atoms with Gasteiger partial charge >= 0.3 is 0 Å². The van der Waals surface area contributed by atoms with E-state index in [1.54, 1.807) is 12.3 Å². The molecule has 1 atom stereocenters. The average Bonchev–Trinajstić information content (AvgIpc) is 2.73. The minimum atomic E-state index is -2.58. The highest BCUT2D eigenvalue weighted by atomic mass is 19.3. The molecule has 112 valence electrons. The Labute approximate surface area is 121 Å². The Morgan fingerprint density at radius 1 is 1.43 bits per heavy atom. The van der Waals surface area contributed by atoms with Gasteiger partial charge in [-0.1, -0.05) is 6.07 Å². The summed E-state index contributed by atoms with van der Waals surface area (Å²) in [7, 11) is 0. The number of pyridine rings is 1. The standard InChI is InChI=1S/C14H16F2N4O/c15-12(16)8-20-13(21)14(7-10-3-1-2-5-18-10)9-17-6-4-11(14)19-20/h1-3,5,12,17H,4,6-9H2. The van der Waals surface area contributed by atoms with E-state index in [9.17, 15) is 13.6 Å². The van der Waals surface area contributed by atoms with Gasteiger partial charge in [0.25, 0.3) is 12.3 Å². The second-order valence-corrected chi connectivity index (χ2v) is 5.33. The molecule has 0 bridgehead atoms. The number of aromatic nitrogens is 1. The number of carbonyl (C=O) groups excluding carboxylic acids is 1. The molecule has 21 heavy (non-hydrogen) atoms. The Kier molecular flexibility index (Phi) is 3.67. The lowest BCUT2D eigenvalue weighted by atomic mass is 9.75. The van der Waals surface area contributed by atoms with Gasteiger partial charge in [-0.2, -0.15) is 5.10 Å². The Morgan fingerprint density at radius 2 is 2.29 bits per heavy atom. The number of hydrogen-bond acceptors (Lipinski definition) is 4. The summed E-state index contributed by atoms with van der Waals surface area (Å²) in [5.41, 5.74) is 0.598. The van der Waals surface area contributed by atoms with Crippen LogP contribution in [0.1, 0.15) is 12.1 Å². The average molecular weight is 294 g/mol. The monoisotopic (exact) mass is 294 g/mol. The normalized spacial score (nSPS) is 25.2. The molecule has 2 aliphatic rings. The highest BCUT2D eigenvalue weighted by molar-refractivity contribution is 6.13. The highest BCUT2D eigenvalue weighted by Crippen LogP contribution is 2.35. The van der Waals surface area contributed by atoms with Crippen LogP contribution in [0, 0.1) is 5.41 Å². The lowest BCUT2D eigenvalue weighted by Gasteiger charge is -2.32. The number of fused-ring (bicyclic) bond motifs is 1. The van der Waals surface area contributed by atoms with E-state index in [0.717, 1.165) is 10.7 Å². The summed E-state index contributed by atoms with van der Waals surface area (Å²) >= 11 is 0. The predicted octanol–water partition coefficient (Wildman–Crippen LogP) is 1.07. The molecule has 7 heteroatoms. The minimum absolute atomic E-state index is 0.351. The van der Waals surface area contributed by atoms with E-state index < -0.39 is 18.4 Å². The molecule has 0 spiro atoms. The molecule has 1 fully saturated rings. The number of alkyl halides is 2. The molecule has 0 saturated carbocycles. The van der Waals surface area contributed by atoms with Crippen molar-refractivity contribution >= 4 is 11.6 Å². The SMILES string of the molecule is O=C1N(CC(F)F)N=C2CCNCC12Cc1ccccn1. The van der Waals surface area contributed by atoms with Crippen molar-refractivity contribution in [2.45, 2.75) is 19.3 Å². The molecule has 1 N–H and O–H groups in total. The van der Waals surface area contributed by atoms with Gasteiger partial charge in [0.2, 0.25) is 0 Å². The van der Waals surface area contributed by atoms with Gasteiger partial charge in [0, 0.05) is 37.8 Å². The third-order valence-electron chi connectivity index (χ3n) is 3.92. The molecule has 2 aliphatic heterocycles. The number of rotatable bonds is 4. The summed E-state index contributed by atoms with van der Waals surface area (Å²) in [5.74, 6) is -0.351. The first-order valence-electron chi connectivity index (χ1n) is 6.90. The van der Waals surface area contributed by atoms with E-state index in [-0.39, 0.29) is 5.91 Å². The van der Waals surface area contributed by atoms with Crippen LogP contribution in [0.2, 0.25) is 0 Å². The number of amides is 1. The fourth-order valence-electron chi connectivity index (χ4n) is 2.94. The lowest BCUT2D eigenvalue weighted by molar-refractivity contribution is -0.138. The summed E-state index contributed by atoms with van der Waals surface area (Å²) in [4.78, 5) is 16.9.